The highest BCUT2D eigenvalue weighted by Gasteiger charge is 2.08. The third-order valence-corrected chi connectivity index (χ3v) is 2.51. The average molecular weight is 254 g/mol. The molecular weight excluding hydrogens is 238 g/mol. The van der Waals surface area contributed by atoms with Crippen LogP contribution in [0.15, 0.2) is 30.4 Å². The fourth-order valence-corrected chi connectivity index (χ4v) is 1.47. The number of rotatable bonds is 5. The number of hydrogen-bond acceptors (Lipinski definition) is 3. The van der Waals surface area contributed by atoms with E-state index in [9.17, 15) is 4.79 Å². The lowest BCUT2D eigenvalue weighted by Crippen LogP contribution is -2.14. The first-order valence-electron chi connectivity index (χ1n) is 5.39. The van der Waals surface area contributed by atoms with Gasteiger partial charge in [-0.15, -0.1) is 0 Å². The van der Waals surface area contributed by atoms with Crippen LogP contribution in [-0.2, 0) is 9.53 Å². The highest BCUT2D eigenvalue weighted by molar-refractivity contribution is 6.33. The third-order valence-electron chi connectivity index (χ3n) is 2.18. The van der Waals surface area contributed by atoms with Crippen LogP contribution in [0.3, 0.4) is 0 Å². The molecule has 1 aromatic rings. The lowest BCUT2D eigenvalue weighted by atomic mass is 10.2. The second-order valence-electron chi connectivity index (χ2n) is 3.66. The summed E-state index contributed by atoms with van der Waals surface area (Å²) in [6, 6.07) is 5.65. The van der Waals surface area contributed by atoms with E-state index in [1.54, 1.807) is 6.92 Å². The van der Waals surface area contributed by atoms with Crippen LogP contribution in [-0.4, -0.2) is 19.1 Å². The number of aryl methyl sites for hydroxylation is 1. The van der Waals surface area contributed by atoms with Gasteiger partial charge in [-0.25, -0.2) is 4.79 Å². The standard InChI is InChI=1S/C13H16ClNO2/c1-4-17-13(16)10(3)8-15-12-7-9(2)5-6-11(12)14/h5-7,15H,3-4,8H2,1-2H3. The number of anilines is 1. The summed E-state index contributed by atoms with van der Waals surface area (Å²) in [5, 5.41) is 3.68. The van der Waals surface area contributed by atoms with Crippen LogP contribution >= 0.6 is 11.6 Å². The second-order valence-corrected chi connectivity index (χ2v) is 4.07. The molecule has 0 spiro atoms. The van der Waals surface area contributed by atoms with Crippen LogP contribution in [0.2, 0.25) is 5.02 Å². The number of benzene rings is 1. The Kier molecular flexibility index (Phi) is 5.04. The first-order valence-corrected chi connectivity index (χ1v) is 5.77. The van der Waals surface area contributed by atoms with Crippen LogP contribution in [0.4, 0.5) is 5.69 Å². The smallest absolute Gasteiger partial charge is 0.335 e. The first-order chi connectivity index (χ1) is 8.04. The van der Waals surface area contributed by atoms with Crippen molar-refractivity contribution in [2.24, 2.45) is 0 Å². The topological polar surface area (TPSA) is 38.3 Å². The molecule has 0 aliphatic heterocycles. The first kappa shape index (κ1) is 13.6. The molecule has 0 radical (unpaired) electrons. The molecule has 0 amide bonds. The molecule has 0 aliphatic rings. The number of carbonyl (C=O) groups is 1. The Morgan fingerprint density at radius 3 is 2.88 bits per heavy atom. The van der Waals surface area contributed by atoms with Crippen molar-refractivity contribution in [3.05, 3.63) is 40.9 Å². The molecule has 92 valence electrons. The number of ether oxygens (including phenoxy) is 1. The van der Waals surface area contributed by atoms with Crippen molar-refractivity contribution in [2.75, 3.05) is 18.5 Å². The van der Waals surface area contributed by atoms with E-state index in [4.69, 9.17) is 16.3 Å². The number of esters is 1. The maximum atomic E-state index is 11.3. The highest BCUT2D eigenvalue weighted by Crippen LogP contribution is 2.22. The van der Waals surface area contributed by atoms with Gasteiger partial charge in [-0.2, -0.15) is 0 Å². The predicted octanol–water partition coefficient (Wildman–Crippen LogP) is 3.18. The molecule has 0 aromatic heterocycles. The fourth-order valence-electron chi connectivity index (χ4n) is 1.28. The van der Waals surface area contributed by atoms with E-state index in [1.165, 1.54) is 0 Å². The molecule has 1 rings (SSSR count). The van der Waals surface area contributed by atoms with Crippen molar-refractivity contribution in [3.8, 4) is 0 Å². The van der Waals surface area contributed by atoms with Crippen LogP contribution in [0.1, 0.15) is 12.5 Å². The van der Waals surface area contributed by atoms with Gasteiger partial charge < -0.3 is 10.1 Å². The lowest BCUT2D eigenvalue weighted by molar-refractivity contribution is -0.138. The normalized spacial score (nSPS) is 9.82. The number of hydrogen-bond donors (Lipinski definition) is 1. The van der Waals surface area contributed by atoms with Crippen molar-refractivity contribution in [3.63, 3.8) is 0 Å². The molecule has 4 heteroatoms. The molecule has 0 saturated carbocycles. The number of carbonyl (C=O) groups excluding carboxylic acids is 1. The molecule has 0 unspecified atom stereocenters. The van der Waals surface area contributed by atoms with Gasteiger partial charge in [0.15, 0.2) is 0 Å². The minimum Gasteiger partial charge on any atom is -0.463 e. The van der Waals surface area contributed by atoms with Crippen LogP contribution in [0, 0.1) is 6.92 Å². The zero-order valence-corrected chi connectivity index (χ0v) is 10.8. The van der Waals surface area contributed by atoms with Crippen molar-refractivity contribution >= 4 is 23.3 Å². The van der Waals surface area contributed by atoms with E-state index < -0.39 is 0 Å². The molecule has 0 bridgehead atoms. The zero-order valence-electron chi connectivity index (χ0n) is 10.0. The lowest BCUT2D eigenvalue weighted by Gasteiger charge is -2.10. The molecule has 1 aromatic carbocycles. The molecule has 0 aliphatic carbocycles. The summed E-state index contributed by atoms with van der Waals surface area (Å²) in [5.74, 6) is -0.385. The van der Waals surface area contributed by atoms with Gasteiger partial charge in [-0.3, -0.25) is 0 Å². The SMILES string of the molecule is C=C(CNc1cc(C)ccc1Cl)C(=O)OCC. The number of nitrogens with one attached hydrogen (secondary N) is 1. The molecule has 0 saturated heterocycles. The zero-order chi connectivity index (χ0) is 12.8. The Morgan fingerprint density at radius 2 is 2.24 bits per heavy atom. The van der Waals surface area contributed by atoms with E-state index in [2.05, 4.69) is 11.9 Å². The Labute approximate surface area is 106 Å². The summed E-state index contributed by atoms with van der Waals surface area (Å²) in [4.78, 5) is 11.3. The summed E-state index contributed by atoms with van der Waals surface area (Å²) in [6.45, 7) is 8.07. The summed E-state index contributed by atoms with van der Waals surface area (Å²) >= 11 is 6.01. The van der Waals surface area contributed by atoms with E-state index in [-0.39, 0.29) is 5.97 Å². The van der Waals surface area contributed by atoms with Crippen molar-refractivity contribution < 1.29 is 9.53 Å². The Balaban J connectivity index is 2.58. The largest absolute Gasteiger partial charge is 0.463 e. The van der Waals surface area contributed by atoms with Crippen molar-refractivity contribution in [1.82, 2.24) is 0 Å². The van der Waals surface area contributed by atoms with Gasteiger partial charge in [0.25, 0.3) is 0 Å². The van der Waals surface area contributed by atoms with Crippen LogP contribution in [0.5, 0.6) is 0 Å². The minimum absolute atomic E-state index is 0.321. The molecule has 3 nitrogen and oxygen atoms in total. The van der Waals surface area contributed by atoms with Gasteiger partial charge in [-0.05, 0) is 31.5 Å². The Morgan fingerprint density at radius 1 is 1.53 bits per heavy atom. The van der Waals surface area contributed by atoms with E-state index in [0.717, 1.165) is 11.3 Å². The van der Waals surface area contributed by atoms with Gasteiger partial charge in [0.1, 0.15) is 0 Å². The summed E-state index contributed by atoms with van der Waals surface area (Å²) in [6.07, 6.45) is 0. The van der Waals surface area contributed by atoms with E-state index in [0.29, 0.717) is 23.7 Å². The molecule has 17 heavy (non-hydrogen) atoms. The highest BCUT2D eigenvalue weighted by atomic mass is 35.5. The second kappa shape index (κ2) is 6.30. The van der Waals surface area contributed by atoms with E-state index >= 15 is 0 Å². The Hall–Kier alpha value is -1.48. The van der Waals surface area contributed by atoms with Crippen LogP contribution < -0.4 is 5.32 Å². The van der Waals surface area contributed by atoms with Gasteiger partial charge in [0.05, 0.1) is 17.3 Å². The maximum Gasteiger partial charge on any atom is 0.335 e. The van der Waals surface area contributed by atoms with Gasteiger partial charge in [0.2, 0.25) is 0 Å². The van der Waals surface area contributed by atoms with Gasteiger partial charge in [0, 0.05) is 12.1 Å². The summed E-state index contributed by atoms with van der Waals surface area (Å²) in [7, 11) is 0. The average Bonchev–Trinajstić information content (AvgIpc) is 2.30. The molecule has 1 N–H and O–H groups in total. The van der Waals surface area contributed by atoms with Gasteiger partial charge >= 0.3 is 5.97 Å². The fraction of sp³-hybridized carbons (Fsp3) is 0.308. The molecule has 0 fully saturated rings. The predicted molar refractivity (Wildman–Crippen MR) is 70.5 cm³/mol. The number of halogens is 1. The van der Waals surface area contributed by atoms with Crippen molar-refractivity contribution in [2.45, 2.75) is 13.8 Å². The Bertz CT molecular complexity index is 429. The molecular formula is C13H16ClNO2. The summed E-state index contributed by atoms with van der Waals surface area (Å²) < 4.78 is 4.83. The molecule has 0 heterocycles. The van der Waals surface area contributed by atoms with Crippen LogP contribution in [0.25, 0.3) is 0 Å². The van der Waals surface area contributed by atoms with Gasteiger partial charge in [-0.1, -0.05) is 24.2 Å². The third kappa shape index (κ3) is 4.11. The molecule has 0 atom stereocenters. The quantitative estimate of drug-likeness (QED) is 0.647. The minimum atomic E-state index is -0.385. The van der Waals surface area contributed by atoms with Crippen molar-refractivity contribution in [1.29, 1.82) is 0 Å². The monoisotopic (exact) mass is 253 g/mol. The van der Waals surface area contributed by atoms with E-state index in [1.807, 2.05) is 25.1 Å². The maximum absolute atomic E-state index is 11.3. The summed E-state index contributed by atoms with van der Waals surface area (Å²) in [5.41, 5.74) is 2.26.